The molecule has 4 aromatic rings. The van der Waals surface area contributed by atoms with E-state index in [0.717, 1.165) is 0 Å². The summed E-state index contributed by atoms with van der Waals surface area (Å²) in [6, 6.07) is 14.2. The molecule has 0 unspecified atom stereocenters. The Morgan fingerprint density at radius 3 is 1.27 bits per heavy atom. The van der Waals surface area contributed by atoms with E-state index in [4.69, 9.17) is 0 Å². The number of hydrogen-bond donors (Lipinski definition) is 0. The number of benzene rings is 2. The summed E-state index contributed by atoms with van der Waals surface area (Å²) in [4.78, 5) is 0. The first-order chi connectivity index (χ1) is 12.6. The summed E-state index contributed by atoms with van der Waals surface area (Å²) in [7, 11) is -1.87. The zero-order chi connectivity index (χ0) is 19.7. The molecule has 0 saturated carbocycles. The van der Waals surface area contributed by atoms with Crippen LogP contribution < -0.4 is 35.2 Å². The van der Waals surface area contributed by atoms with Crippen molar-refractivity contribution in [1.82, 2.24) is 0 Å². The van der Waals surface area contributed by atoms with Gasteiger partial charge in [-0.15, -0.1) is 56.9 Å². The molecule has 30 heavy (non-hydrogen) atoms. The van der Waals surface area contributed by atoms with Gasteiger partial charge in [0.05, 0.1) is 0 Å². The Hall–Kier alpha value is -0.660. The van der Waals surface area contributed by atoms with E-state index >= 15 is 0 Å². The molecule has 156 valence electrons. The van der Waals surface area contributed by atoms with Gasteiger partial charge in [0.1, 0.15) is 0 Å². The molecule has 4 rings (SSSR count). The third-order valence-corrected chi connectivity index (χ3v) is 10.1. The molecule has 0 amide bonds. The molecular formula is C26H30Cl2SiZr. The van der Waals surface area contributed by atoms with E-state index in [1.165, 1.54) is 54.9 Å². The largest absolute Gasteiger partial charge is 4.00 e. The maximum atomic E-state index is 2.55. The van der Waals surface area contributed by atoms with Gasteiger partial charge in [-0.2, -0.15) is 10.4 Å². The second-order valence-corrected chi connectivity index (χ2v) is 13.4. The molecule has 4 heteroatoms. The average Bonchev–Trinajstić information content (AvgIpc) is 3.03. The molecular weight excluding hydrogens is 503 g/mol. The van der Waals surface area contributed by atoms with Crippen LogP contribution in [0.5, 0.6) is 0 Å². The molecule has 0 aliphatic rings. The zero-order valence-electron chi connectivity index (χ0n) is 19.2. The van der Waals surface area contributed by atoms with E-state index in [1.54, 1.807) is 10.4 Å². The molecule has 0 spiro atoms. The van der Waals surface area contributed by atoms with E-state index in [0.29, 0.717) is 0 Å². The number of aryl methyl sites for hydroxylation is 6. The van der Waals surface area contributed by atoms with Crippen molar-refractivity contribution in [3.8, 4) is 0 Å². The van der Waals surface area contributed by atoms with E-state index in [-0.39, 0.29) is 51.0 Å². The molecule has 0 nitrogen and oxygen atoms in total. The summed E-state index contributed by atoms with van der Waals surface area (Å²) in [6.45, 7) is 18.7. The summed E-state index contributed by atoms with van der Waals surface area (Å²) in [5.41, 5.74) is 8.50. The van der Waals surface area contributed by atoms with Gasteiger partial charge >= 0.3 is 26.2 Å². The normalized spacial score (nSPS) is 11.2. The number of fused-ring (bicyclic) bond motifs is 2. The predicted molar refractivity (Wildman–Crippen MR) is 124 cm³/mol. The molecule has 0 aliphatic heterocycles. The molecule has 0 aromatic heterocycles. The van der Waals surface area contributed by atoms with Crippen LogP contribution in [-0.2, 0) is 26.2 Å². The third-order valence-electron chi connectivity index (χ3n) is 6.30. The summed E-state index contributed by atoms with van der Waals surface area (Å²) >= 11 is 0. The summed E-state index contributed by atoms with van der Waals surface area (Å²) in [5, 5.41) is 9.11. The maximum absolute atomic E-state index is 2.55. The second-order valence-electron chi connectivity index (χ2n) is 9.12. The summed E-state index contributed by atoms with van der Waals surface area (Å²) in [5.74, 6) is 0. The van der Waals surface area contributed by atoms with Gasteiger partial charge < -0.3 is 24.8 Å². The standard InChI is InChI=1S/C26H30Si.2ClH.Zr/c1-15-9-17(3)23-21(11-15)13-19(5)25(23)27(7,8)26-20(6)14-22-12-16(2)10-18(4)24(22)26;;;/h9-14H,1-8H3;2*1H;/q-2;;;+4/p-2. The minimum atomic E-state index is -1.87. The van der Waals surface area contributed by atoms with Gasteiger partial charge in [0, 0.05) is 8.07 Å². The molecule has 0 radical (unpaired) electrons. The molecule has 0 N–H and O–H groups in total. The molecule has 0 aliphatic carbocycles. The van der Waals surface area contributed by atoms with Crippen molar-refractivity contribution in [2.24, 2.45) is 0 Å². The van der Waals surface area contributed by atoms with Crippen LogP contribution in [0.25, 0.3) is 21.5 Å². The number of rotatable bonds is 2. The Morgan fingerprint density at radius 2 is 0.933 bits per heavy atom. The van der Waals surface area contributed by atoms with Gasteiger partial charge in [-0.05, 0) is 27.7 Å². The van der Waals surface area contributed by atoms with E-state index in [9.17, 15) is 0 Å². The van der Waals surface area contributed by atoms with Gasteiger partial charge in [0.25, 0.3) is 0 Å². The van der Waals surface area contributed by atoms with Gasteiger partial charge in [-0.3, -0.25) is 0 Å². The maximum Gasteiger partial charge on any atom is 4.00 e. The topological polar surface area (TPSA) is 0 Å². The molecule has 4 aromatic carbocycles. The summed E-state index contributed by atoms with van der Waals surface area (Å²) < 4.78 is 0. The Morgan fingerprint density at radius 1 is 0.600 bits per heavy atom. The van der Waals surface area contributed by atoms with Gasteiger partial charge in [-0.25, -0.2) is 0 Å². The van der Waals surface area contributed by atoms with Gasteiger partial charge in [0.2, 0.25) is 0 Å². The smallest absolute Gasteiger partial charge is 1.00 e. The molecule has 0 saturated heterocycles. The Bertz CT molecular complexity index is 1120. The summed E-state index contributed by atoms with van der Waals surface area (Å²) in [6.07, 6.45) is 0. The van der Waals surface area contributed by atoms with Crippen LogP contribution in [0.4, 0.5) is 0 Å². The number of hydrogen-bond acceptors (Lipinski definition) is 0. The average molecular weight is 533 g/mol. The van der Waals surface area contributed by atoms with Crippen LogP contribution in [0.2, 0.25) is 13.1 Å². The molecule has 0 heterocycles. The fraction of sp³-hybridized carbons (Fsp3) is 0.308. The third kappa shape index (κ3) is 4.18. The second kappa shape index (κ2) is 9.45. The zero-order valence-corrected chi connectivity index (χ0v) is 24.2. The van der Waals surface area contributed by atoms with Crippen LogP contribution in [0.15, 0.2) is 36.4 Å². The SMILES string of the molecule is Cc1cc(C)c2c([Si](C)(C)c3c(C)[cH-]c4cc(C)cc(C)c34)c(C)[cH-]c2c1.[Cl-].[Cl-].[Zr+4]. The van der Waals surface area contributed by atoms with Crippen molar-refractivity contribution < 1.29 is 51.0 Å². The molecule has 0 fully saturated rings. The minimum Gasteiger partial charge on any atom is -1.00 e. The van der Waals surface area contributed by atoms with Crippen LogP contribution >= 0.6 is 0 Å². The van der Waals surface area contributed by atoms with E-state index < -0.39 is 8.07 Å². The minimum absolute atomic E-state index is 0. The first kappa shape index (κ1) is 27.4. The van der Waals surface area contributed by atoms with Crippen LogP contribution in [0, 0.1) is 41.5 Å². The quantitative estimate of drug-likeness (QED) is 0.254. The van der Waals surface area contributed by atoms with Crippen molar-refractivity contribution in [3.05, 3.63) is 69.8 Å². The first-order valence-electron chi connectivity index (χ1n) is 9.96. The van der Waals surface area contributed by atoms with Crippen molar-refractivity contribution in [3.63, 3.8) is 0 Å². The van der Waals surface area contributed by atoms with Crippen molar-refractivity contribution >= 4 is 40.0 Å². The first-order valence-corrected chi connectivity index (χ1v) is 13.0. The van der Waals surface area contributed by atoms with Crippen molar-refractivity contribution in [2.45, 2.75) is 54.6 Å². The van der Waals surface area contributed by atoms with Crippen LogP contribution in [0.3, 0.4) is 0 Å². The van der Waals surface area contributed by atoms with Crippen molar-refractivity contribution in [2.75, 3.05) is 0 Å². The predicted octanol–water partition coefficient (Wildman–Crippen LogP) is 0.109. The van der Waals surface area contributed by atoms with Crippen LogP contribution in [0.1, 0.15) is 33.4 Å². The fourth-order valence-electron chi connectivity index (χ4n) is 5.65. The van der Waals surface area contributed by atoms with E-state index in [1.807, 2.05) is 0 Å². The van der Waals surface area contributed by atoms with Crippen molar-refractivity contribution in [1.29, 1.82) is 0 Å². The Labute approximate surface area is 214 Å². The number of halogens is 2. The van der Waals surface area contributed by atoms with E-state index in [2.05, 4.69) is 91.0 Å². The van der Waals surface area contributed by atoms with Gasteiger partial charge in [-0.1, -0.05) is 61.3 Å². The fourth-order valence-corrected chi connectivity index (χ4v) is 9.95. The molecule has 0 atom stereocenters. The Kier molecular flexibility index (Phi) is 8.62. The Balaban J connectivity index is 0.00000150. The van der Waals surface area contributed by atoms with Crippen LogP contribution in [-0.4, -0.2) is 8.07 Å². The molecule has 0 bridgehead atoms. The monoisotopic (exact) mass is 530 g/mol. The van der Waals surface area contributed by atoms with Gasteiger partial charge in [0.15, 0.2) is 0 Å².